The molecule has 1 aromatic rings. The topological polar surface area (TPSA) is 116 Å². The summed E-state index contributed by atoms with van der Waals surface area (Å²) in [6.07, 6.45) is 0.395. The number of rotatable bonds is 6. The van der Waals surface area contributed by atoms with Crippen LogP contribution in [0.15, 0.2) is 24.3 Å². The minimum absolute atomic E-state index is 0. The second-order valence-corrected chi connectivity index (χ2v) is 3.68. The molecule has 0 aliphatic heterocycles. The van der Waals surface area contributed by atoms with Crippen molar-refractivity contribution in [1.29, 1.82) is 0 Å². The van der Waals surface area contributed by atoms with Gasteiger partial charge in [0.25, 0.3) is 0 Å². The third kappa shape index (κ3) is 6.28. The molecule has 0 spiro atoms. The predicted octanol–water partition coefficient (Wildman–Crippen LogP) is -4.28. The number of carbonyl (C=O) groups excluding carboxylic acids is 2. The SMILES string of the molecule is COc1ccc(C=CC(=O)[O-])cc1OC(=O)C(O)CO.[Na+]. The zero-order valence-electron chi connectivity index (χ0n) is 11.6. The summed E-state index contributed by atoms with van der Waals surface area (Å²) >= 11 is 0. The van der Waals surface area contributed by atoms with E-state index < -0.39 is 24.6 Å². The number of hydrogen-bond donors (Lipinski definition) is 2. The molecule has 0 aromatic heterocycles. The van der Waals surface area contributed by atoms with Crippen LogP contribution in [0.4, 0.5) is 0 Å². The Labute approximate surface area is 143 Å². The van der Waals surface area contributed by atoms with E-state index in [0.717, 1.165) is 6.08 Å². The Bertz CT molecular complexity index is 527. The number of carboxylic acid groups (broad SMARTS) is 1. The van der Waals surface area contributed by atoms with Gasteiger partial charge in [0.05, 0.1) is 19.7 Å². The Morgan fingerprint density at radius 2 is 2.05 bits per heavy atom. The van der Waals surface area contributed by atoms with Gasteiger partial charge in [-0.15, -0.1) is 0 Å². The quantitative estimate of drug-likeness (QED) is 0.236. The first-order valence-corrected chi connectivity index (χ1v) is 5.55. The van der Waals surface area contributed by atoms with Gasteiger partial charge >= 0.3 is 35.5 Å². The van der Waals surface area contributed by atoms with E-state index in [0.29, 0.717) is 5.56 Å². The molecule has 0 aliphatic carbocycles. The fourth-order valence-electron chi connectivity index (χ4n) is 1.29. The van der Waals surface area contributed by atoms with Gasteiger partial charge in [-0.25, -0.2) is 4.79 Å². The van der Waals surface area contributed by atoms with Crippen LogP contribution in [0.5, 0.6) is 11.5 Å². The first-order valence-electron chi connectivity index (χ1n) is 5.55. The Balaban J connectivity index is 0.00000400. The predicted molar refractivity (Wildman–Crippen MR) is 65.8 cm³/mol. The van der Waals surface area contributed by atoms with Crippen molar-refractivity contribution in [2.45, 2.75) is 6.10 Å². The molecular weight excluding hydrogens is 291 g/mol. The molecular formula is C13H13NaO7. The summed E-state index contributed by atoms with van der Waals surface area (Å²) in [5.41, 5.74) is 0.427. The van der Waals surface area contributed by atoms with Crippen LogP contribution in [0.2, 0.25) is 0 Å². The summed E-state index contributed by atoms with van der Waals surface area (Å²) in [4.78, 5) is 21.7. The van der Waals surface area contributed by atoms with E-state index in [1.807, 2.05) is 0 Å². The summed E-state index contributed by atoms with van der Waals surface area (Å²) in [6, 6.07) is 4.35. The van der Waals surface area contributed by atoms with Crippen LogP contribution in [0.25, 0.3) is 6.08 Å². The van der Waals surface area contributed by atoms with Crippen LogP contribution in [0, 0.1) is 0 Å². The van der Waals surface area contributed by atoms with Gasteiger partial charge in [-0.3, -0.25) is 0 Å². The molecule has 0 saturated carbocycles. The molecule has 1 atom stereocenters. The van der Waals surface area contributed by atoms with E-state index in [1.54, 1.807) is 0 Å². The maximum absolute atomic E-state index is 11.4. The van der Waals surface area contributed by atoms with E-state index in [9.17, 15) is 14.7 Å². The standard InChI is InChI=1S/C13H14O7.Na/c1-19-10-4-2-8(3-5-12(16)17)6-11(10)20-13(18)9(15)7-14;/h2-6,9,14-15H,7H2,1H3,(H,16,17);/q;+1/p-1. The van der Waals surface area contributed by atoms with Crippen LogP contribution < -0.4 is 44.1 Å². The van der Waals surface area contributed by atoms with Crippen molar-refractivity contribution < 1.29 is 63.9 Å². The molecule has 0 aliphatic rings. The molecule has 0 fully saturated rings. The average molecular weight is 304 g/mol. The molecule has 108 valence electrons. The van der Waals surface area contributed by atoms with Crippen molar-refractivity contribution in [2.75, 3.05) is 13.7 Å². The van der Waals surface area contributed by atoms with Gasteiger partial charge in [0.1, 0.15) is 0 Å². The van der Waals surface area contributed by atoms with Crippen LogP contribution >= 0.6 is 0 Å². The van der Waals surface area contributed by atoms with Crippen LogP contribution in [-0.2, 0) is 9.59 Å². The Morgan fingerprint density at radius 1 is 1.38 bits per heavy atom. The fraction of sp³-hybridized carbons (Fsp3) is 0.231. The van der Waals surface area contributed by atoms with Gasteiger partial charge in [-0.1, -0.05) is 12.1 Å². The van der Waals surface area contributed by atoms with Crippen molar-refractivity contribution in [3.8, 4) is 11.5 Å². The van der Waals surface area contributed by atoms with Gasteiger partial charge < -0.3 is 29.6 Å². The fourth-order valence-corrected chi connectivity index (χ4v) is 1.29. The summed E-state index contributed by atoms with van der Waals surface area (Å²) in [5.74, 6) is -2.21. The molecule has 0 saturated heterocycles. The van der Waals surface area contributed by atoms with E-state index in [4.69, 9.17) is 19.7 Å². The van der Waals surface area contributed by atoms with Crippen molar-refractivity contribution >= 4 is 18.0 Å². The number of ether oxygens (including phenoxy) is 2. The van der Waals surface area contributed by atoms with Crippen molar-refractivity contribution in [3.63, 3.8) is 0 Å². The number of esters is 1. The van der Waals surface area contributed by atoms with Crippen LogP contribution in [0.1, 0.15) is 5.56 Å². The second kappa shape index (κ2) is 9.54. The minimum Gasteiger partial charge on any atom is -0.545 e. The Morgan fingerprint density at radius 3 is 2.57 bits per heavy atom. The molecule has 0 radical (unpaired) electrons. The van der Waals surface area contributed by atoms with E-state index in [2.05, 4.69) is 0 Å². The number of carboxylic acids is 1. The first kappa shape index (κ1) is 19.6. The number of hydrogen-bond acceptors (Lipinski definition) is 7. The van der Waals surface area contributed by atoms with Gasteiger partial charge in [-0.05, 0) is 23.8 Å². The maximum Gasteiger partial charge on any atom is 1.00 e. The molecule has 0 bridgehead atoms. The molecule has 1 aromatic carbocycles. The third-order valence-electron chi connectivity index (χ3n) is 2.26. The minimum atomic E-state index is -1.66. The van der Waals surface area contributed by atoms with E-state index in [-0.39, 0.29) is 41.1 Å². The van der Waals surface area contributed by atoms with E-state index >= 15 is 0 Å². The Kier molecular flexibility index (Phi) is 8.91. The van der Waals surface area contributed by atoms with Crippen molar-refractivity contribution in [2.24, 2.45) is 0 Å². The average Bonchev–Trinajstić information content (AvgIpc) is 2.44. The zero-order valence-corrected chi connectivity index (χ0v) is 13.6. The zero-order chi connectivity index (χ0) is 15.1. The number of carbonyl (C=O) groups is 2. The smallest absolute Gasteiger partial charge is 0.545 e. The molecule has 0 heterocycles. The largest absolute Gasteiger partial charge is 1.00 e. The number of methoxy groups -OCH3 is 1. The van der Waals surface area contributed by atoms with Crippen LogP contribution in [-0.4, -0.2) is 42.0 Å². The number of aliphatic carboxylic acids is 1. The molecule has 7 nitrogen and oxygen atoms in total. The first-order chi connectivity index (χ1) is 9.47. The third-order valence-corrected chi connectivity index (χ3v) is 2.26. The van der Waals surface area contributed by atoms with Gasteiger partial charge in [-0.2, -0.15) is 0 Å². The summed E-state index contributed by atoms with van der Waals surface area (Å²) in [6.45, 7) is -0.772. The number of aliphatic hydroxyl groups excluding tert-OH is 2. The monoisotopic (exact) mass is 304 g/mol. The molecule has 21 heavy (non-hydrogen) atoms. The molecule has 8 heteroatoms. The van der Waals surface area contributed by atoms with Gasteiger partial charge in [0.15, 0.2) is 17.6 Å². The van der Waals surface area contributed by atoms with Crippen molar-refractivity contribution in [3.05, 3.63) is 29.8 Å². The maximum atomic E-state index is 11.4. The summed E-state index contributed by atoms with van der Waals surface area (Å²) in [5, 5.41) is 28.1. The van der Waals surface area contributed by atoms with Gasteiger partial charge in [0.2, 0.25) is 0 Å². The molecule has 1 unspecified atom stereocenters. The van der Waals surface area contributed by atoms with E-state index in [1.165, 1.54) is 31.4 Å². The summed E-state index contributed by atoms with van der Waals surface area (Å²) < 4.78 is 9.83. The molecule has 0 amide bonds. The number of benzene rings is 1. The Hall–Kier alpha value is -1.38. The van der Waals surface area contributed by atoms with Gasteiger partial charge in [0, 0.05) is 0 Å². The molecule has 1 rings (SSSR count). The molecule has 2 N–H and O–H groups in total. The second-order valence-electron chi connectivity index (χ2n) is 3.68. The van der Waals surface area contributed by atoms with Crippen molar-refractivity contribution in [1.82, 2.24) is 0 Å². The van der Waals surface area contributed by atoms with Crippen LogP contribution in [0.3, 0.4) is 0 Å². The number of aliphatic hydroxyl groups is 2. The summed E-state index contributed by atoms with van der Waals surface area (Å²) in [7, 11) is 1.35. The normalized spacial score (nSPS) is 11.6.